The second-order valence-corrected chi connectivity index (χ2v) is 6.43. The minimum atomic E-state index is -0.240. The molecule has 122 valence electrons. The molecule has 0 radical (unpaired) electrons. The molecule has 1 aliphatic rings. The van der Waals surface area contributed by atoms with Crippen molar-refractivity contribution in [1.82, 2.24) is 5.32 Å². The number of aliphatic hydroxyl groups excluding tert-OH is 2. The first kappa shape index (κ1) is 17.0. The van der Waals surface area contributed by atoms with Gasteiger partial charge in [0.25, 0.3) is 0 Å². The van der Waals surface area contributed by atoms with Crippen LogP contribution in [-0.4, -0.2) is 35.4 Å². The normalized spacial score (nSPS) is 23.0. The minimum absolute atomic E-state index is 0.0150. The Bertz CT molecular complexity index is 481. The number of aliphatic hydroxyl groups is 2. The highest BCUT2D eigenvalue weighted by Gasteiger charge is 2.25. The van der Waals surface area contributed by atoms with Gasteiger partial charge in [-0.05, 0) is 50.2 Å². The molecule has 1 atom stereocenters. The van der Waals surface area contributed by atoms with E-state index in [0.29, 0.717) is 19.4 Å². The molecule has 1 saturated carbocycles. The number of amides is 1. The summed E-state index contributed by atoms with van der Waals surface area (Å²) in [5.74, 6) is 0.121. The van der Waals surface area contributed by atoms with Gasteiger partial charge in [0.2, 0.25) is 5.91 Å². The Morgan fingerprint density at radius 3 is 2.59 bits per heavy atom. The average molecular weight is 305 g/mol. The van der Waals surface area contributed by atoms with Crippen LogP contribution in [0.1, 0.15) is 36.8 Å². The van der Waals surface area contributed by atoms with Gasteiger partial charge in [0.05, 0.1) is 6.10 Å². The molecule has 22 heavy (non-hydrogen) atoms. The molecular formula is C18H27NO3. The molecule has 4 nitrogen and oxygen atoms in total. The molecule has 2 rings (SSSR count). The second-order valence-electron chi connectivity index (χ2n) is 6.43. The number of benzene rings is 1. The third-order valence-corrected chi connectivity index (χ3v) is 4.66. The van der Waals surface area contributed by atoms with E-state index in [1.807, 2.05) is 12.1 Å². The summed E-state index contributed by atoms with van der Waals surface area (Å²) in [7, 11) is 0. The minimum Gasteiger partial charge on any atom is -0.396 e. The van der Waals surface area contributed by atoms with Crippen molar-refractivity contribution in [3.05, 3.63) is 35.4 Å². The van der Waals surface area contributed by atoms with Gasteiger partial charge in [-0.25, -0.2) is 0 Å². The molecule has 0 heterocycles. The van der Waals surface area contributed by atoms with Gasteiger partial charge in [-0.2, -0.15) is 0 Å². The predicted molar refractivity (Wildman–Crippen MR) is 86.4 cm³/mol. The summed E-state index contributed by atoms with van der Waals surface area (Å²) < 4.78 is 0. The molecule has 0 aromatic heterocycles. The van der Waals surface area contributed by atoms with Gasteiger partial charge in [0.1, 0.15) is 0 Å². The number of hydrogen-bond donors (Lipinski definition) is 3. The first-order valence-corrected chi connectivity index (χ1v) is 8.21. The highest BCUT2D eigenvalue weighted by Crippen LogP contribution is 2.24. The monoisotopic (exact) mass is 305 g/mol. The van der Waals surface area contributed by atoms with Crippen molar-refractivity contribution in [2.24, 2.45) is 11.8 Å². The van der Waals surface area contributed by atoms with E-state index >= 15 is 0 Å². The Hall–Kier alpha value is -1.39. The van der Waals surface area contributed by atoms with Crippen molar-refractivity contribution in [3.8, 4) is 0 Å². The van der Waals surface area contributed by atoms with Crippen molar-refractivity contribution in [2.45, 2.75) is 45.1 Å². The molecule has 0 aliphatic heterocycles. The van der Waals surface area contributed by atoms with E-state index in [0.717, 1.165) is 19.3 Å². The number of aryl methyl sites for hydroxylation is 1. The lowest BCUT2D eigenvalue weighted by Gasteiger charge is -2.25. The molecule has 3 N–H and O–H groups in total. The van der Waals surface area contributed by atoms with Crippen LogP contribution in [0.5, 0.6) is 0 Å². The summed E-state index contributed by atoms with van der Waals surface area (Å²) in [5.41, 5.74) is 2.44. The van der Waals surface area contributed by atoms with Crippen molar-refractivity contribution in [1.29, 1.82) is 0 Å². The Morgan fingerprint density at radius 1 is 1.27 bits per heavy atom. The van der Waals surface area contributed by atoms with E-state index in [1.165, 1.54) is 11.1 Å². The summed E-state index contributed by atoms with van der Waals surface area (Å²) in [5, 5.41) is 22.0. The van der Waals surface area contributed by atoms with Crippen molar-refractivity contribution in [3.63, 3.8) is 0 Å². The molecule has 1 amide bonds. The number of rotatable bonds is 6. The summed E-state index contributed by atoms with van der Waals surface area (Å²) in [6.07, 6.45) is 3.47. The molecule has 1 fully saturated rings. The lowest BCUT2D eigenvalue weighted by molar-refractivity contribution is -0.126. The van der Waals surface area contributed by atoms with E-state index in [2.05, 4.69) is 24.4 Å². The van der Waals surface area contributed by atoms with Gasteiger partial charge >= 0.3 is 0 Å². The van der Waals surface area contributed by atoms with Gasteiger partial charge in [0.15, 0.2) is 0 Å². The van der Waals surface area contributed by atoms with Gasteiger partial charge in [-0.15, -0.1) is 0 Å². The third-order valence-electron chi connectivity index (χ3n) is 4.66. The summed E-state index contributed by atoms with van der Waals surface area (Å²) >= 11 is 0. The fourth-order valence-electron chi connectivity index (χ4n) is 3.08. The van der Waals surface area contributed by atoms with E-state index in [4.69, 9.17) is 0 Å². The topological polar surface area (TPSA) is 69.6 Å². The number of carbonyl (C=O) groups is 1. The average Bonchev–Trinajstić information content (AvgIpc) is 2.53. The van der Waals surface area contributed by atoms with Gasteiger partial charge in [-0.1, -0.05) is 24.3 Å². The lowest BCUT2D eigenvalue weighted by Crippen LogP contribution is -2.38. The van der Waals surface area contributed by atoms with Crippen LogP contribution in [0.15, 0.2) is 24.3 Å². The van der Waals surface area contributed by atoms with Crippen LogP contribution in [0, 0.1) is 18.8 Å². The third kappa shape index (κ3) is 4.82. The standard InChI is InChI=1S/C18H27NO3/c1-13-4-2-3-5-16(13)10-14(12-20)11-19-18(22)15-6-8-17(21)9-7-15/h2-5,14-15,17,20-21H,6-12H2,1H3,(H,19,22). The van der Waals surface area contributed by atoms with Crippen molar-refractivity contribution in [2.75, 3.05) is 13.2 Å². The van der Waals surface area contributed by atoms with Gasteiger partial charge in [-0.3, -0.25) is 4.79 Å². The molecule has 1 aromatic rings. The van der Waals surface area contributed by atoms with Crippen LogP contribution in [0.2, 0.25) is 0 Å². The second kappa shape index (κ2) is 8.30. The first-order chi connectivity index (χ1) is 10.6. The summed E-state index contributed by atoms with van der Waals surface area (Å²) in [6, 6.07) is 8.15. The zero-order chi connectivity index (χ0) is 15.9. The first-order valence-electron chi connectivity index (χ1n) is 8.21. The van der Waals surface area contributed by atoms with Gasteiger partial charge in [0, 0.05) is 25.0 Å². The fraction of sp³-hybridized carbons (Fsp3) is 0.611. The molecule has 1 unspecified atom stereocenters. The van der Waals surface area contributed by atoms with Crippen LogP contribution in [0.4, 0.5) is 0 Å². The SMILES string of the molecule is Cc1ccccc1CC(CO)CNC(=O)C1CCC(O)CC1. The highest BCUT2D eigenvalue weighted by molar-refractivity contribution is 5.78. The van der Waals surface area contributed by atoms with E-state index in [-0.39, 0.29) is 30.5 Å². The zero-order valence-corrected chi connectivity index (χ0v) is 13.3. The smallest absolute Gasteiger partial charge is 0.223 e. The van der Waals surface area contributed by atoms with Crippen LogP contribution in [0.3, 0.4) is 0 Å². The maximum atomic E-state index is 12.2. The summed E-state index contributed by atoms with van der Waals surface area (Å²) in [6.45, 7) is 2.64. The molecule has 0 bridgehead atoms. The predicted octanol–water partition coefficient (Wildman–Crippen LogP) is 1.81. The molecule has 0 saturated heterocycles. The Kier molecular flexibility index (Phi) is 6.40. The highest BCUT2D eigenvalue weighted by atomic mass is 16.3. The van der Waals surface area contributed by atoms with Crippen LogP contribution >= 0.6 is 0 Å². The number of carbonyl (C=O) groups excluding carboxylic acids is 1. The number of hydrogen-bond acceptors (Lipinski definition) is 3. The Morgan fingerprint density at radius 2 is 1.95 bits per heavy atom. The van der Waals surface area contributed by atoms with E-state index < -0.39 is 0 Å². The van der Waals surface area contributed by atoms with Crippen LogP contribution in [-0.2, 0) is 11.2 Å². The van der Waals surface area contributed by atoms with Crippen LogP contribution < -0.4 is 5.32 Å². The summed E-state index contributed by atoms with van der Waals surface area (Å²) in [4.78, 5) is 12.2. The Balaban J connectivity index is 1.81. The van der Waals surface area contributed by atoms with E-state index in [9.17, 15) is 15.0 Å². The molecule has 0 spiro atoms. The van der Waals surface area contributed by atoms with Crippen molar-refractivity contribution >= 4 is 5.91 Å². The quantitative estimate of drug-likeness (QED) is 0.751. The lowest BCUT2D eigenvalue weighted by atomic mass is 9.87. The fourth-order valence-corrected chi connectivity index (χ4v) is 3.08. The molecule has 1 aliphatic carbocycles. The molecule has 4 heteroatoms. The maximum Gasteiger partial charge on any atom is 0.223 e. The molecule has 1 aromatic carbocycles. The van der Waals surface area contributed by atoms with Gasteiger partial charge < -0.3 is 15.5 Å². The largest absolute Gasteiger partial charge is 0.396 e. The van der Waals surface area contributed by atoms with Crippen LogP contribution in [0.25, 0.3) is 0 Å². The molecular weight excluding hydrogens is 278 g/mol. The van der Waals surface area contributed by atoms with Crippen molar-refractivity contribution < 1.29 is 15.0 Å². The zero-order valence-electron chi connectivity index (χ0n) is 13.3. The number of nitrogens with one attached hydrogen (secondary N) is 1. The maximum absolute atomic E-state index is 12.2. The Labute approximate surface area is 132 Å². The van der Waals surface area contributed by atoms with E-state index in [1.54, 1.807) is 0 Å².